The van der Waals surface area contributed by atoms with Gasteiger partial charge in [0.05, 0.1) is 0 Å². The first-order valence-corrected chi connectivity index (χ1v) is 7.40. The summed E-state index contributed by atoms with van der Waals surface area (Å²) in [7, 11) is 0. The number of carbonyl (C=O) groups excluding carboxylic acids is 1. The second kappa shape index (κ2) is 6.09. The molecule has 2 heterocycles. The van der Waals surface area contributed by atoms with Gasteiger partial charge in [-0.1, -0.05) is 42.0 Å². The van der Waals surface area contributed by atoms with Crippen molar-refractivity contribution in [2.45, 2.75) is 26.3 Å². The molecule has 6 heteroatoms. The first-order chi connectivity index (χ1) is 10.7. The average Bonchev–Trinajstić information content (AvgIpc) is 2.95. The minimum absolute atomic E-state index is 0.0327. The van der Waals surface area contributed by atoms with E-state index in [2.05, 4.69) is 28.5 Å². The van der Waals surface area contributed by atoms with Gasteiger partial charge in [0.2, 0.25) is 0 Å². The van der Waals surface area contributed by atoms with Crippen molar-refractivity contribution in [2.75, 3.05) is 13.1 Å². The van der Waals surface area contributed by atoms with Gasteiger partial charge in [0.15, 0.2) is 6.04 Å². The zero-order valence-electron chi connectivity index (χ0n) is 12.8. The summed E-state index contributed by atoms with van der Waals surface area (Å²) >= 11 is 0. The van der Waals surface area contributed by atoms with Crippen molar-refractivity contribution >= 4 is 5.91 Å². The van der Waals surface area contributed by atoms with E-state index in [0.29, 0.717) is 12.4 Å². The van der Waals surface area contributed by atoms with Crippen LogP contribution >= 0.6 is 0 Å². The summed E-state index contributed by atoms with van der Waals surface area (Å²) in [5.41, 5.74) is 2.23. The summed E-state index contributed by atoms with van der Waals surface area (Å²) in [6, 6.07) is 9.15. The van der Waals surface area contributed by atoms with Gasteiger partial charge in [-0.2, -0.15) is 0 Å². The molecule has 0 unspecified atom stereocenters. The highest BCUT2D eigenvalue weighted by atomic mass is 16.2. The molecular weight excluding hydrogens is 278 g/mol. The van der Waals surface area contributed by atoms with E-state index in [1.54, 1.807) is 4.68 Å². The molecule has 6 nitrogen and oxygen atoms in total. The third-order valence-electron chi connectivity index (χ3n) is 4.00. The number of benzene rings is 1. The fourth-order valence-electron chi connectivity index (χ4n) is 2.64. The highest BCUT2D eigenvalue weighted by molar-refractivity contribution is 5.84. The Hall–Kier alpha value is -2.50. The lowest BCUT2D eigenvalue weighted by Crippen LogP contribution is -2.40. The number of amides is 1. The molecule has 114 valence electrons. The molecule has 1 aliphatic heterocycles. The van der Waals surface area contributed by atoms with E-state index >= 15 is 0 Å². The summed E-state index contributed by atoms with van der Waals surface area (Å²) in [4.78, 5) is 14.9. The molecule has 0 saturated heterocycles. The van der Waals surface area contributed by atoms with Crippen molar-refractivity contribution in [3.8, 4) is 0 Å². The van der Waals surface area contributed by atoms with E-state index in [-0.39, 0.29) is 5.91 Å². The quantitative estimate of drug-likeness (QED) is 0.810. The zero-order valence-corrected chi connectivity index (χ0v) is 12.8. The molecule has 0 spiro atoms. The molecule has 1 aliphatic rings. The van der Waals surface area contributed by atoms with Gasteiger partial charge in [0.1, 0.15) is 5.82 Å². The van der Waals surface area contributed by atoms with E-state index in [9.17, 15) is 4.79 Å². The normalized spacial score (nSPS) is 16.3. The highest BCUT2D eigenvalue weighted by Gasteiger charge is 2.30. The maximum absolute atomic E-state index is 13.0. The van der Waals surface area contributed by atoms with Gasteiger partial charge in [-0.05, 0) is 36.3 Å². The molecular formula is C16H19N5O. The van der Waals surface area contributed by atoms with Gasteiger partial charge in [-0.15, -0.1) is 5.10 Å². The highest BCUT2D eigenvalue weighted by Crippen LogP contribution is 2.22. The van der Waals surface area contributed by atoms with Crippen molar-refractivity contribution in [3.05, 3.63) is 53.4 Å². The van der Waals surface area contributed by atoms with Crippen LogP contribution in [0.4, 0.5) is 0 Å². The second-order valence-corrected chi connectivity index (χ2v) is 5.57. The van der Waals surface area contributed by atoms with Gasteiger partial charge in [0.25, 0.3) is 5.91 Å². The third-order valence-corrected chi connectivity index (χ3v) is 4.00. The van der Waals surface area contributed by atoms with E-state index < -0.39 is 6.04 Å². The summed E-state index contributed by atoms with van der Waals surface area (Å²) in [5, 5.41) is 11.6. The van der Waals surface area contributed by atoms with Gasteiger partial charge in [0, 0.05) is 13.1 Å². The third kappa shape index (κ3) is 2.77. The molecule has 0 fully saturated rings. The lowest BCUT2D eigenvalue weighted by Gasteiger charge is -2.29. The molecule has 1 amide bonds. The fourth-order valence-corrected chi connectivity index (χ4v) is 2.64. The minimum Gasteiger partial charge on any atom is -0.336 e. The topological polar surface area (TPSA) is 63.9 Å². The Morgan fingerprint density at radius 1 is 1.23 bits per heavy atom. The predicted molar refractivity (Wildman–Crippen MR) is 82.1 cm³/mol. The molecule has 1 atom stereocenters. The predicted octanol–water partition coefficient (Wildman–Crippen LogP) is 1.75. The van der Waals surface area contributed by atoms with Crippen LogP contribution in [0.3, 0.4) is 0 Å². The summed E-state index contributed by atoms with van der Waals surface area (Å²) in [5.74, 6) is 0.663. The van der Waals surface area contributed by atoms with E-state index in [1.165, 1.54) is 5.57 Å². The Labute approximate surface area is 129 Å². The molecule has 3 rings (SSSR count). The fraction of sp³-hybridized carbons (Fsp3) is 0.375. The Morgan fingerprint density at radius 2 is 2.00 bits per heavy atom. The van der Waals surface area contributed by atoms with Crippen LogP contribution in [0.5, 0.6) is 0 Å². The van der Waals surface area contributed by atoms with E-state index in [4.69, 9.17) is 0 Å². The van der Waals surface area contributed by atoms with Crippen LogP contribution in [0.2, 0.25) is 0 Å². The maximum atomic E-state index is 13.0. The number of rotatable bonds is 3. The Morgan fingerprint density at radius 3 is 2.59 bits per heavy atom. The molecule has 0 aliphatic carbocycles. The van der Waals surface area contributed by atoms with Gasteiger partial charge in [-0.25, -0.2) is 4.68 Å². The van der Waals surface area contributed by atoms with E-state index in [1.807, 2.05) is 42.2 Å². The molecule has 22 heavy (non-hydrogen) atoms. The lowest BCUT2D eigenvalue weighted by atomic mass is 10.0. The molecule has 2 aromatic rings. The monoisotopic (exact) mass is 297 g/mol. The van der Waals surface area contributed by atoms with Crippen LogP contribution in [0.15, 0.2) is 42.0 Å². The molecule has 0 saturated carbocycles. The van der Waals surface area contributed by atoms with E-state index in [0.717, 1.165) is 18.5 Å². The molecule has 0 radical (unpaired) electrons. The van der Waals surface area contributed by atoms with Crippen LogP contribution in [0, 0.1) is 6.92 Å². The second-order valence-electron chi connectivity index (χ2n) is 5.57. The standard InChI is InChI=1S/C16H19N5O/c1-12-8-10-20(11-9-12)16(22)15(14-6-4-3-5-7-14)21-13(2)17-18-19-21/h3-8,15H,9-11H2,1-2H3/t15-/m1/s1. The SMILES string of the molecule is CC1=CCN(C(=O)[C@@H](c2ccccc2)n2nnnc2C)CC1. The van der Waals surface area contributed by atoms with Gasteiger partial charge in [-0.3, -0.25) is 4.79 Å². The maximum Gasteiger partial charge on any atom is 0.252 e. The molecule has 1 aromatic carbocycles. The van der Waals surface area contributed by atoms with Crippen LogP contribution in [-0.2, 0) is 4.79 Å². The number of hydrogen-bond donors (Lipinski definition) is 0. The van der Waals surface area contributed by atoms with Gasteiger partial charge < -0.3 is 4.90 Å². The van der Waals surface area contributed by atoms with Crippen molar-refractivity contribution in [1.29, 1.82) is 0 Å². The van der Waals surface area contributed by atoms with Crippen molar-refractivity contribution < 1.29 is 4.79 Å². The number of aromatic nitrogens is 4. The lowest BCUT2D eigenvalue weighted by molar-refractivity contribution is -0.133. The number of carbonyl (C=O) groups is 1. The number of hydrogen-bond acceptors (Lipinski definition) is 4. The summed E-state index contributed by atoms with van der Waals surface area (Å²) in [6.45, 7) is 5.30. The van der Waals surface area contributed by atoms with Crippen LogP contribution in [0.1, 0.15) is 30.8 Å². The minimum atomic E-state index is -0.511. The molecule has 0 N–H and O–H groups in total. The Balaban J connectivity index is 1.96. The van der Waals surface area contributed by atoms with Crippen LogP contribution in [0.25, 0.3) is 0 Å². The first kappa shape index (κ1) is 14.4. The Bertz CT molecular complexity index is 692. The zero-order chi connectivity index (χ0) is 15.5. The Kier molecular flexibility index (Phi) is 4.00. The van der Waals surface area contributed by atoms with Crippen LogP contribution < -0.4 is 0 Å². The number of aryl methyl sites for hydroxylation is 1. The van der Waals surface area contributed by atoms with Crippen LogP contribution in [-0.4, -0.2) is 44.1 Å². The first-order valence-electron chi connectivity index (χ1n) is 7.40. The summed E-state index contributed by atoms with van der Waals surface area (Å²) < 4.78 is 1.60. The van der Waals surface area contributed by atoms with Crippen molar-refractivity contribution in [2.24, 2.45) is 0 Å². The number of nitrogens with zero attached hydrogens (tertiary/aromatic N) is 5. The molecule has 1 aromatic heterocycles. The molecule has 0 bridgehead atoms. The number of tetrazole rings is 1. The average molecular weight is 297 g/mol. The summed E-state index contributed by atoms with van der Waals surface area (Å²) in [6.07, 6.45) is 3.03. The smallest absolute Gasteiger partial charge is 0.252 e. The largest absolute Gasteiger partial charge is 0.336 e. The van der Waals surface area contributed by atoms with Crippen molar-refractivity contribution in [3.63, 3.8) is 0 Å². The van der Waals surface area contributed by atoms with Crippen molar-refractivity contribution in [1.82, 2.24) is 25.1 Å². The van der Waals surface area contributed by atoms with Gasteiger partial charge >= 0.3 is 0 Å².